The van der Waals surface area contributed by atoms with Gasteiger partial charge in [-0.05, 0) is 38.0 Å². The number of pyridine rings is 1. The molecule has 0 aliphatic carbocycles. The van der Waals surface area contributed by atoms with E-state index in [1.165, 1.54) is 5.69 Å². The van der Waals surface area contributed by atoms with Crippen LogP contribution in [0.15, 0.2) is 30.6 Å². The molecule has 0 N–H and O–H groups in total. The van der Waals surface area contributed by atoms with Gasteiger partial charge in [0, 0.05) is 31.2 Å². The van der Waals surface area contributed by atoms with E-state index in [2.05, 4.69) is 27.8 Å². The molecule has 0 unspecified atom stereocenters. The van der Waals surface area contributed by atoms with Crippen molar-refractivity contribution in [2.75, 3.05) is 13.1 Å². The summed E-state index contributed by atoms with van der Waals surface area (Å²) < 4.78 is 2.06. The van der Waals surface area contributed by atoms with E-state index in [4.69, 9.17) is 0 Å². The summed E-state index contributed by atoms with van der Waals surface area (Å²) in [7, 11) is 0. The smallest absolute Gasteiger partial charge is 0.227 e. The van der Waals surface area contributed by atoms with E-state index in [1.54, 1.807) is 12.4 Å². The van der Waals surface area contributed by atoms with E-state index < -0.39 is 0 Å². The van der Waals surface area contributed by atoms with Crippen LogP contribution in [0, 0.1) is 13.8 Å². The summed E-state index contributed by atoms with van der Waals surface area (Å²) in [6.45, 7) is 5.63. The van der Waals surface area contributed by atoms with Gasteiger partial charge in [-0.25, -0.2) is 0 Å². The van der Waals surface area contributed by atoms with Crippen molar-refractivity contribution >= 4 is 5.91 Å². The zero-order valence-corrected chi connectivity index (χ0v) is 12.5. The quantitative estimate of drug-likeness (QED) is 0.865. The Morgan fingerprint density at radius 2 is 2.29 bits per heavy atom. The van der Waals surface area contributed by atoms with Crippen LogP contribution in [0.3, 0.4) is 0 Å². The minimum atomic E-state index is 0.173. The standard InChI is InChI=1S/C16H20N4O/c1-12-8-13(2)20(18-12)15-5-7-19(11-15)16(21)9-14-4-3-6-17-10-14/h3-4,6,8,10,15H,5,7,9,11H2,1-2H3/t15-/m0/s1. The molecule has 1 aliphatic rings. The molecule has 0 bridgehead atoms. The fourth-order valence-corrected chi connectivity index (χ4v) is 2.97. The number of aromatic nitrogens is 3. The monoisotopic (exact) mass is 284 g/mol. The number of carbonyl (C=O) groups is 1. The van der Waals surface area contributed by atoms with Gasteiger partial charge in [-0.3, -0.25) is 14.5 Å². The van der Waals surface area contributed by atoms with Gasteiger partial charge in [0.05, 0.1) is 18.2 Å². The molecule has 0 aromatic carbocycles. The lowest BCUT2D eigenvalue weighted by molar-refractivity contribution is -0.129. The minimum absolute atomic E-state index is 0.173. The summed E-state index contributed by atoms with van der Waals surface area (Å²) in [6.07, 6.45) is 4.88. The van der Waals surface area contributed by atoms with Crippen LogP contribution in [0.25, 0.3) is 0 Å². The second-order valence-corrected chi connectivity index (χ2v) is 5.69. The normalized spacial score (nSPS) is 18.2. The fraction of sp³-hybridized carbons (Fsp3) is 0.438. The van der Waals surface area contributed by atoms with Crippen LogP contribution in [0.2, 0.25) is 0 Å². The maximum Gasteiger partial charge on any atom is 0.227 e. The molecule has 2 aromatic rings. The van der Waals surface area contributed by atoms with Crippen LogP contribution in [-0.4, -0.2) is 38.7 Å². The number of aryl methyl sites for hydroxylation is 2. The van der Waals surface area contributed by atoms with Crippen molar-refractivity contribution in [1.29, 1.82) is 0 Å². The van der Waals surface area contributed by atoms with Crippen LogP contribution < -0.4 is 0 Å². The van der Waals surface area contributed by atoms with Crippen LogP contribution in [-0.2, 0) is 11.2 Å². The molecule has 1 atom stereocenters. The van der Waals surface area contributed by atoms with Crippen molar-refractivity contribution in [3.05, 3.63) is 47.5 Å². The first kappa shape index (κ1) is 13.8. The Morgan fingerprint density at radius 3 is 2.95 bits per heavy atom. The zero-order valence-electron chi connectivity index (χ0n) is 12.5. The average molecular weight is 284 g/mol. The van der Waals surface area contributed by atoms with Crippen molar-refractivity contribution in [2.45, 2.75) is 32.7 Å². The Morgan fingerprint density at radius 1 is 1.43 bits per heavy atom. The molecule has 1 fully saturated rings. The van der Waals surface area contributed by atoms with E-state index >= 15 is 0 Å². The zero-order chi connectivity index (χ0) is 14.8. The molecular formula is C16H20N4O. The number of likely N-dealkylation sites (tertiary alicyclic amines) is 1. The van der Waals surface area contributed by atoms with Crippen molar-refractivity contribution in [2.24, 2.45) is 0 Å². The molecule has 3 heterocycles. The highest BCUT2D eigenvalue weighted by molar-refractivity contribution is 5.79. The third-order valence-corrected chi connectivity index (χ3v) is 3.98. The molecule has 3 rings (SSSR count). The van der Waals surface area contributed by atoms with E-state index in [1.807, 2.05) is 24.0 Å². The Hall–Kier alpha value is -2.17. The highest BCUT2D eigenvalue weighted by Crippen LogP contribution is 2.23. The summed E-state index contributed by atoms with van der Waals surface area (Å²) in [5.41, 5.74) is 3.17. The average Bonchev–Trinajstić information content (AvgIpc) is 3.06. The fourth-order valence-electron chi connectivity index (χ4n) is 2.97. The van der Waals surface area contributed by atoms with E-state index in [-0.39, 0.29) is 5.91 Å². The van der Waals surface area contributed by atoms with Gasteiger partial charge in [0.25, 0.3) is 0 Å². The molecule has 1 saturated heterocycles. The maximum atomic E-state index is 12.4. The topological polar surface area (TPSA) is 51.0 Å². The van der Waals surface area contributed by atoms with Gasteiger partial charge in [-0.1, -0.05) is 6.07 Å². The molecule has 110 valence electrons. The van der Waals surface area contributed by atoms with Gasteiger partial charge in [-0.15, -0.1) is 0 Å². The number of carbonyl (C=O) groups excluding carboxylic acids is 1. The van der Waals surface area contributed by atoms with E-state index in [0.717, 1.165) is 30.8 Å². The molecule has 1 aliphatic heterocycles. The molecular weight excluding hydrogens is 264 g/mol. The Kier molecular flexibility index (Phi) is 3.73. The number of nitrogens with zero attached hydrogens (tertiary/aromatic N) is 4. The Balaban J connectivity index is 1.64. The highest BCUT2D eigenvalue weighted by atomic mass is 16.2. The molecule has 2 aromatic heterocycles. The molecule has 0 spiro atoms. The van der Waals surface area contributed by atoms with Crippen LogP contribution in [0.1, 0.15) is 29.4 Å². The van der Waals surface area contributed by atoms with Crippen molar-refractivity contribution < 1.29 is 4.79 Å². The Labute approximate surface area is 124 Å². The van der Waals surface area contributed by atoms with Crippen LogP contribution in [0.4, 0.5) is 0 Å². The predicted molar refractivity (Wildman–Crippen MR) is 79.9 cm³/mol. The van der Waals surface area contributed by atoms with Gasteiger partial charge in [0.15, 0.2) is 0 Å². The van der Waals surface area contributed by atoms with Gasteiger partial charge in [-0.2, -0.15) is 5.10 Å². The molecule has 0 saturated carbocycles. The van der Waals surface area contributed by atoms with Gasteiger partial charge >= 0.3 is 0 Å². The van der Waals surface area contributed by atoms with Crippen molar-refractivity contribution in [1.82, 2.24) is 19.7 Å². The number of hydrogen-bond acceptors (Lipinski definition) is 3. The SMILES string of the molecule is Cc1cc(C)n([C@H]2CCN(C(=O)Cc3cccnc3)C2)n1. The first-order valence-electron chi connectivity index (χ1n) is 7.33. The second-order valence-electron chi connectivity index (χ2n) is 5.69. The lowest BCUT2D eigenvalue weighted by Crippen LogP contribution is -2.30. The number of rotatable bonds is 3. The van der Waals surface area contributed by atoms with E-state index in [9.17, 15) is 4.79 Å². The third-order valence-electron chi connectivity index (χ3n) is 3.98. The lowest BCUT2D eigenvalue weighted by Gasteiger charge is -2.17. The van der Waals surface area contributed by atoms with Crippen molar-refractivity contribution in [3.8, 4) is 0 Å². The van der Waals surface area contributed by atoms with Crippen molar-refractivity contribution in [3.63, 3.8) is 0 Å². The number of amides is 1. The summed E-state index contributed by atoms with van der Waals surface area (Å²) in [5.74, 6) is 0.173. The molecule has 5 nitrogen and oxygen atoms in total. The first-order chi connectivity index (χ1) is 10.1. The van der Waals surface area contributed by atoms with Gasteiger partial charge in [0.2, 0.25) is 5.91 Å². The summed E-state index contributed by atoms with van der Waals surface area (Å²) in [6, 6.07) is 6.20. The molecule has 21 heavy (non-hydrogen) atoms. The van der Waals surface area contributed by atoms with Gasteiger partial charge in [0.1, 0.15) is 0 Å². The minimum Gasteiger partial charge on any atom is -0.340 e. The lowest BCUT2D eigenvalue weighted by atomic mass is 10.2. The van der Waals surface area contributed by atoms with E-state index in [0.29, 0.717) is 12.5 Å². The number of hydrogen-bond donors (Lipinski definition) is 0. The van der Waals surface area contributed by atoms with Gasteiger partial charge < -0.3 is 4.90 Å². The summed E-state index contributed by atoms with van der Waals surface area (Å²) >= 11 is 0. The molecule has 5 heteroatoms. The maximum absolute atomic E-state index is 12.4. The Bertz CT molecular complexity index is 635. The molecule has 1 amide bonds. The summed E-state index contributed by atoms with van der Waals surface area (Å²) in [4.78, 5) is 18.3. The highest BCUT2D eigenvalue weighted by Gasteiger charge is 2.28. The second kappa shape index (κ2) is 5.68. The first-order valence-corrected chi connectivity index (χ1v) is 7.33. The third kappa shape index (κ3) is 2.96. The predicted octanol–water partition coefficient (Wildman–Crippen LogP) is 1.91. The largest absolute Gasteiger partial charge is 0.340 e. The summed E-state index contributed by atoms with van der Waals surface area (Å²) in [5, 5.41) is 4.54. The molecule has 0 radical (unpaired) electrons. The van der Waals surface area contributed by atoms with Crippen LogP contribution >= 0.6 is 0 Å². The van der Waals surface area contributed by atoms with Crippen LogP contribution in [0.5, 0.6) is 0 Å².